The van der Waals surface area contributed by atoms with Crippen LogP contribution in [0.1, 0.15) is 119 Å². The van der Waals surface area contributed by atoms with E-state index in [0.717, 1.165) is 78.6 Å². The summed E-state index contributed by atoms with van der Waals surface area (Å²) in [6.45, 7) is 6.99. The van der Waals surface area contributed by atoms with Crippen molar-refractivity contribution in [2.75, 3.05) is 0 Å². The molecule has 4 atom stereocenters. The minimum Gasteiger partial charge on any atom is -0.390 e. The third-order valence-corrected chi connectivity index (χ3v) is 11.6. The number of nitrogens with zero attached hydrogens (tertiary/aromatic N) is 5. The zero-order valence-corrected chi connectivity index (χ0v) is 35.9. The average molecular weight is 830 g/mol. The van der Waals surface area contributed by atoms with Gasteiger partial charge in [-0.25, -0.2) is 4.98 Å². The Morgan fingerprint density at radius 2 is 1.67 bits per heavy atom. The van der Waals surface area contributed by atoms with E-state index >= 15 is 0 Å². The first-order valence-electron chi connectivity index (χ1n) is 22.1. The van der Waals surface area contributed by atoms with E-state index in [9.17, 15) is 19.5 Å². The Kier molecular flexibility index (Phi) is 16.5. The molecule has 0 spiro atoms. The summed E-state index contributed by atoms with van der Waals surface area (Å²) in [7, 11) is 0. The molecule has 3 amide bonds. The first-order valence-corrected chi connectivity index (χ1v) is 22.1. The molecule has 13 heteroatoms. The fourth-order valence-electron chi connectivity index (χ4n) is 8.36. The van der Waals surface area contributed by atoms with Gasteiger partial charge in [-0.05, 0) is 60.3 Å². The second kappa shape index (κ2) is 22.4. The standard InChI is InChI=1S/C48H63N9O4/c1-4-5-21-39(48(61)51-30-35-17-12-16-34(24-35)28-49)53-44(59)27-43(58)40(26-33-14-8-6-9-15-33)54-47(60)38(25-36-18-13-22-50-29-36)45-55-56-46-41(23-32(2)3)52-42(31-57(45)46)37-19-10-7-11-20-37/h7,10-13,16-20,22,24,29,31-33,38-40,43,58H,4-6,8-9,14-15,21,23,25-28,30,49H2,1-3H3,(H,51,61)(H,53,59)(H,54,60)/t38-,39-,40-,43-/m0/s1. The van der Waals surface area contributed by atoms with Crippen LogP contribution in [0.5, 0.6) is 0 Å². The first kappa shape index (κ1) is 45.0. The number of carbonyl (C=O) groups is 3. The summed E-state index contributed by atoms with van der Waals surface area (Å²) in [5, 5.41) is 30.3. The molecule has 1 aliphatic carbocycles. The van der Waals surface area contributed by atoms with Gasteiger partial charge in [0.15, 0.2) is 5.65 Å². The van der Waals surface area contributed by atoms with Crippen molar-refractivity contribution in [3.8, 4) is 11.3 Å². The molecule has 6 rings (SSSR count). The van der Waals surface area contributed by atoms with Crippen LogP contribution in [-0.4, -0.2) is 65.6 Å². The highest BCUT2D eigenvalue weighted by molar-refractivity contribution is 5.88. The molecule has 0 bridgehead atoms. The molecule has 1 saturated carbocycles. The Balaban J connectivity index is 1.26. The lowest BCUT2D eigenvalue weighted by Gasteiger charge is -2.31. The number of nitrogens with two attached hydrogens (primary N) is 1. The Morgan fingerprint density at radius 3 is 2.39 bits per heavy atom. The van der Waals surface area contributed by atoms with Crippen molar-refractivity contribution in [2.45, 2.75) is 135 Å². The maximum Gasteiger partial charge on any atom is 0.242 e. The highest BCUT2D eigenvalue weighted by Crippen LogP contribution is 2.30. The molecule has 0 aliphatic heterocycles. The molecule has 324 valence electrons. The van der Waals surface area contributed by atoms with Gasteiger partial charge in [0.25, 0.3) is 0 Å². The fourth-order valence-corrected chi connectivity index (χ4v) is 8.36. The number of benzene rings is 2. The van der Waals surface area contributed by atoms with Crippen molar-refractivity contribution in [3.63, 3.8) is 0 Å². The van der Waals surface area contributed by atoms with Crippen LogP contribution in [0, 0.1) is 11.8 Å². The van der Waals surface area contributed by atoms with Gasteiger partial charge in [-0.1, -0.05) is 126 Å². The largest absolute Gasteiger partial charge is 0.390 e. The van der Waals surface area contributed by atoms with E-state index in [-0.39, 0.29) is 30.6 Å². The molecular weight excluding hydrogens is 767 g/mol. The van der Waals surface area contributed by atoms with Crippen molar-refractivity contribution in [3.05, 3.63) is 114 Å². The topological polar surface area (TPSA) is 190 Å². The Labute approximate surface area is 359 Å². The summed E-state index contributed by atoms with van der Waals surface area (Å²) in [4.78, 5) is 51.4. The molecule has 0 radical (unpaired) electrons. The molecule has 61 heavy (non-hydrogen) atoms. The quantitative estimate of drug-likeness (QED) is 0.0560. The average Bonchev–Trinajstić information content (AvgIpc) is 3.70. The van der Waals surface area contributed by atoms with E-state index in [1.54, 1.807) is 12.4 Å². The monoisotopic (exact) mass is 830 g/mol. The van der Waals surface area contributed by atoms with E-state index in [1.807, 2.05) is 84.3 Å². The molecule has 0 saturated heterocycles. The molecule has 1 fully saturated rings. The van der Waals surface area contributed by atoms with Crippen LogP contribution >= 0.6 is 0 Å². The molecule has 1 aliphatic rings. The number of aliphatic hydroxyl groups is 1. The van der Waals surface area contributed by atoms with Gasteiger partial charge in [0.2, 0.25) is 17.7 Å². The molecule has 6 N–H and O–H groups in total. The number of pyridine rings is 1. The lowest BCUT2D eigenvalue weighted by molar-refractivity contribution is -0.131. The SMILES string of the molecule is CCCC[C@H](NC(=O)C[C@H](O)[C@H](CC1CCCCC1)NC(=O)[C@@H](Cc1cccnc1)c1nnc2c(CC(C)C)nc(-c3ccccc3)cn12)C(=O)NCc1cccc(CN)c1. The molecule has 13 nitrogen and oxygen atoms in total. The Hall–Kier alpha value is -5.53. The third-order valence-electron chi connectivity index (χ3n) is 11.6. The number of rotatable bonds is 21. The van der Waals surface area contributed by atoms with Gasteiger partial charge in [-0.3, -0.25) is 23.8 Å². The van der Waals surface area contributed by atoms with Crippen LogP contribution < -0.4 is 21.7 Å². The Morgan fingerprint density at radius 1 is 0.902 bits per heavy atom. The summed E-state index contributed by atoms with van der Waals surface area (Å²) in [6, 6.07) is 19.9. The van der Waals surface area contributed by atoms with Gasteiger partial charge in [0.1, 0.15) is 17.8 Å². The van der Waals surface area contributed by atoms with E-state index in [0.29, 0.717) is 49.7 Å². The summed E-state index contributed by atoms with van der Waals surface area (Å²) < 4.78 is 1.89. The minimum atomic E-state index is -1.21. The smallest absolute Gasteiger partial charge is 0.242 e. The van der Waals surface area contributed by atoms with Crippen molar-refractivity contribution in [1.29, 1.82) is 0 Å². The van der Waals surface area contributed by atoms with Crippen LogP contribution in [0.25, 0.3) is 16.9 Å². The van der Waals surface area contributed by atoms with E-state index in [1.165, 1.54) is 0 Å². The summed E-state index contributed by atoms with van der Waals surface area (Å²) >= 11 is 0. The van der Waals surface area contributed by atoms with Crippen LogP contribution in [-0.2, 0) is 40.3 Å². The second-order valence-electron chi connectivity index (χ2n) is 17.0. The normalized spacial score (nSPS) is 15.2. The second-order valence-corrected chi connectivity index (χ2v) is 17.0. The number of unbranched alkanes of at least 4 members (excludes halogenated alkanes) is 1. The summed E-state index contributed by atoms with van der Waals surface area (Å²) in [6.07, 6.45) is 12.6. The number of aliphatic hydroxyl groups excluding tert-OH is 1. The Bertz CT molecular complexity index is 2170. The fraction of sp³-hybridized carbons (Fsp3) is 0.479. The number of amides is 3. The highest BCUT2D eigenvalue weighted by atomic mass is 16.3. The summed E-state index contributed by atoms with van der Waals surface area (Å²) in [5.41, 5.74) is 11.6. The van der Waals surface area contributed by atoms with Crippen LogP contribution in [0.3, 0.4) is 0 Å². The van der Waals surface area contributed by atoms with Gasteiger partial charge < -0.3 is 26.8 Å². The number of carbonyl (C=O) groups excluding carboxylic acids is 3. The van der Waals surface area contributed by atoms with Crippen LogP contribution in [0.2, 0.25) is 0 Å². The van der Waals surface area contributed by atoms with Crippen LogP contribution in [0.15, 0.2) is 85.3 Å². The molecular formula is C48H63N9O4. The third kappa shape index (κ3) is 12.7. The molecule has 3 aromatic heterocycles. The summed E-state index contributed by atoms with van der Waals surface area (Å²) in [5.74, 6) is -0.869. The van der Waals surface area contributed by atoms with E-state index in [4.69, 9.17) is 10.7 Å². The van der Waals surface area contributed by atoms with Gasteiger partial charge in [0.05, 0.1) is 30.0 Å². The molecule has 0 unspecified atom stereocenters. The van der Waals surface area contributed by atoms with Crippen LogP contribution in [0.4, 0.5) is 0 Å². The van der Waals surface area contributed by atoms with Gasteiger partial charge in [-0.2, -0.15) is 0 Å². The number of aromatic nitrogens is 5. The molecule has 3 heterocycles. The maximum absolute atomic E-state index is 14.9. The number of hydrogen-bond acceptors (Lipinski definition) is 9. The minimum absolute atomic E-state index is 0.278. The zero-order valence-electron chi connectivity index (χ0n) is 35.9. The lowest BCUT2D eigenvalue weighted by Crippen LogP contribution is -2.50. The van der Waals surface area contributed by atoms with Gasteiger partial charge >= 0.3 is 0 Å². The lowest BCUT2D eigenvalue weighted by atomic mass is 9.83. The van der Waals surface area contributed by atoms with Gasteiger partial charge in [0, 0.05) is 37.2 Å². The van der Waals surface area contributed by atoms with Crippen molar-refractivity contribution in [1.82, 2.24) is 40.5 Å². The highest BCUT2D eigenvalue weighted by Gasteiger charge is 2.34. The number of nitrogens with one attached hydrogen (secondary N) is 3. The van der Waals surface area contributed by atoms with E-state index < -0.39 is 30.0 Å². The predicted molar refractivity (Wildman–Crippen MR) is 237 cm³/mol. The number of hydrogen-bond donors (Lipinski definition) is 5. The zero-order chi connectivity index (χ0) is 43.1. The van der Waals surface area contributed by atoms with Crippen molar-refractivity contribution >= 4 is 23.4 Å². The van der Waals surface area contributed by atoms with E-state index in [2.05, 4.69) is 45.0 Å². The molecule has 5 aromatic rings. The molecule has 2 aromatic carbocycles. The van der Waals surface area contributed by atoms with Gasteiger partial charge in [-0.15, -0.1) is 10.2 Å². The predicted octanol–water partition coefficient (Wildman–Crippen LogP) is 6.37. The maximum atomic E-state index is 14.9. The first-order chi connectivity index (χ1) is 29.6. The number of fused-ring (bicyclic) bond motifs is 1. The van der Waals surface area contributed by atoms with Crippen molar-refractivity contribution < 1.29 is 19.5 Å². The van der Waals surface area contributed by atoms with Crippen molar-refractivity contribution in [2.24, 2.45) is 17.6 Å².